The molecule has 6 nitrogen and oxygen atoms in total. The van der Waals surface area contributed by atoms with E-state index >= 15 is 0 Å². The maximum absolute atomic E-state index is 12.1. The molecule has 104 valence electrons. The van der Waals surface area contributed by atoms with E-state index in [4.69, 9.17) is 10.5 Å². The standard InChI is InChI=1S/C13H18N2O4/c1-13(2,12(17)19-4)15-11(16)9-7-8(18-3)5-6-10(9)14/h5-7H,14H2,1-4H3,(H,15,16). The molecule has 0 bridgehead atoms. The molecule has 0 unspecified atom stereocenters. The van der Waals surface area contributed by atoms with Gasteiger partial charge in [0.25, 0.3) is 5.91 Å². The van der Waals surface area contributed by atoms with Gasteiger partial charge < -0.3 is 20.5 Å². The number of nitrogen functional groups attached to an aromatic ring is 1. The van der Waals surface area contributed by atoms with Crippen LogP contribution in [-0.2, 0) is 9.53 Å². The molecule has 0 saturated carbocycles. The van der Waals surface area contributed by atoms with Crippen LogP contribution in [0, 0.1) is 0 Å². The van der Waals surface area contributed by atoms with Crippen molar-refractivity contribution in [3.63, 3.8) is 0 Å². The van der Waals surface area contributed by atoms with Crippen molar-refractivity contribution in [1.29, 1.82) is 0 Å². The van der Waals surface area contributed by atoms with Crippen LogP contribution in [0.5, 0.6) is 5.75 Å². The summed E-state index contributed by atoms with van der Waals surface area (Å²) in [4.78, 5) is 23.6. The van der Waals surface area contributed by atoms with Crippen LogP contribution in [0.2, 0.25) is 0 Å². The number of benzene rings is 1. The van der Waals surface area contributed by atoms with Crippen molar-refractivity contribution in [3.05, 3.63) is 23.8 Å². The first-order valence-corrected chi connectivity index (χ1v) is 5.66. The molecule has 0 radical (unpaired) electrons. The van der Waals surface area contributed by atoms with Crippen LogP contribution in [0.3, 0.4) is 0 Å². The summed E-state index contributed by atoms with van der Waals surface area (Å²) in [5, 5.41) is 2.57. The Balaban J connectivity index is 2.98. The fourth-order valence-corrected chi connectivity index (χ4v) is 1.52. The van der Waals surface area contributed by atoms with Crippen LogP contribution in [0.15, 0.2) is 18.2 Å². The highest BCUT2D eigenvalue weighted by molar-refractivity contribution is 6.02. The number of esters is 1. The fourth-order valence-electron chi connectivity index (χ4n) is 1.52. The average molecular weight is 266 g/mol. The zero-order chi connectivity index (χ0) is 14.6. The normalized spacial score (nSPS) is 10.7. The molecule has 0 aliphatic rings. The molecule has 0 spiro atoms. The Hall–Kier alpha value is -2.24. The third-order valence-corrected chi connectivity index (χ3v) is 2.63. The number of nitrogens with one attached hydrogen (secondary N) is 1. The minimum atomic E-state index is -1.14. The molecule has 0 heterocycles. The highest BCUT2D eigenvalue weighted by atomic mass is 16.5. The first-order chi connectivity index (χ1) is 8.81. The fraction of sp³-hybridized carbons (Fsp3) is 0.385. The molecule has 1 aromatic rings. The minimum Gasteiger partial charge on any atom is -0.497 e. The van der Waals surface area contributed by atoms with E-state index in [0.29, 0.717) is 11.4 Å². The van der Waals surface area contributed by atoms with Crippen LogP contribution >= 0.6 is 0 Å². The minimum absolute atomic E-state index is 0.247. The summed E-state index contributed by atoms with van der Waals surface area (Å²) in [7, 11) is 2.75. The molecule has 0 saturated heterocycles. The number of hydrogen-bond acceptors (Lipinski definition) is 5. The van der Waals surface area contributed by atoms with Gasteiger partial charge in [0.2, 0.25) is 0 Å². The third kappa shape index (κ3) is 3.37. The Morgan fingerprint density at radius 2 is 1.89 bits per heavy atom. The number of carbonyl (C=O) groups is 2. The topological polar surface area (TPSA) is 90.6 Å². The number of nitrogens with two attached hydrogens (primary N) is 1. The molecular formula is C13H18N2O4. The number of rotatable bonds is 4. The zero-order valence-electron chi connectivity index (χ0n) is 11.4. The van der Waals surface area contributed by atoms with Gasteiger partial charge in [-0.3, -0.25) is 4.79 Å². The molecule has 1 aromatic carbocycles. The first kappa shape index (κ1) is 14.8. The summed E-state index contributed by atoms with van der Waals surface area (Å²) in [5.74, 6) is -0.496. The van der Waals surface area contributed by atoms with E-state index in [1.54, 1.807) is 26.0 Å². The summed E-state index contributed by atoms with van der Waals surface area (Å²) in [6, 6.07) is 4.73. The summed E-state index contributed by atoms with van der Waals surface area (Å²) >= 11 is 0. The average Bonchev–Trinajstić information content (AvgIpc) is 2.37. The maximum atomic E-state index is 12.1. The monoisotopic (exact) mass is 266 g/mol. The predicted molar refractivity (Wildman–Crippen MR) is 71.0 cm³/mol. The van der Waals surface area contributed by atoms with Crippen LogP contribution in [-0.4, -0.2) is 31.6 Å². The first-order valence-electron chi connectivity index (χ1n) is 5.66. The molecule has 6 heteroatoms. The van der Waals surface area contributed by atoms with Crippen molar-refractivity contribution in [2.24, 2.45) is 0 Å². The predicted octanol–water partition coefficient (Wildman–Crippen LogP) is 0.959. The van der Waals surface area contributed by atoms with E-state index in [1.165, 1.54) is 20.3 Å². The number of amides is 1. The van der Waals surface area contributed by atoms with Crippen LogP contribution < -0.4 is 15.8 Å². The molecule has 19 heavy (non-hydrogen) atoms. The highest BCUT2D eigenvalue weighted by Gasteiger charge is 2.31. The molecule has 0 atom stereocenters. The van der Waals surface area contributed by atoms with Gasteiger partial charge >= 0.3 is 5.97 Å². The number of ether oxygens (including phenoxy) is 2. The van der Waals surface area contributed by atoms with E-state index in [2.05, 4.69) is 10.1 Å². The molecule has 0 aliphatic heterocycles. The van der Waals surface area contributed by atoms with Gasteiger partial charge in [0.15, 0.2) is 0 Å². The molecule has 1 rings (SSSR count). The SMILES string of the molecule is COC(=O)C(C)(C)NC(=O)c1cc(OC)ccc1N. The molecular weight excluding hydrogens is 248 g/mol. The Labute approximate surface area is 111 Å². The Bertz CT molecular complexity index is 497. The lowest BCUT2D eigenvalue weighted by Crippen LogP contribution is -2.50. The highest BCUT2D eigenvalue weighted by Crippen LogP contribution is 2.20. The second kappa shape index (κ2) is 5.60. The summed E-state index contributed by atoms with van der Waals surface area (Å²) in [6.07, 6.45) is 0. The van der Waals surface area contributed by atoms with E-state index in [1.807, 2.05) is 0 Å². The molecule has 0 fully saturated rings. The largest absolute Gasteiger partial charge is 0.497 e. The van der Waals surface area contributed by atoms with E-state index in [0.717, 1.165) is 0 Å². The van der Waals surface area contributed by atoms with Crippen LogP contribution in [0.4, 0.5) is 5.69 Å². The van der Waals surface area contributed by atoms with Gasteiger partial charge in [-0.1, -0.05) is 0 Å². The summed E-state index contributed by atoms with van der Waals surface area (Å²) < 4.78 is 9.65. The number of carbonyl (C=O) groups excluding carboxylic acids is 2. The van der Waals surface area contributed by atoms with Crippen LogP contribution in [0.25, 0.3) is 0 Å². The second-order valence-corrected chi connectivity index (χ2v) is 4.52. The molecule has 1 amide bonds. The van der Waals surface area contributed by atoms with Gasteiger partial charge in [0, 0.05) is 5.69 Å². The van der Waals surface area contributed by atoms with Crippen molar-refractivity contribution in [1.82, 2.24) is 5.32 Å². The zero-order valence-corrected chi connectivity index (χ0v) is 11.4. The molecule has 0 aromatic heterocycles. The lowest BCUT2D eigenvalue weighted by molar-refractivity contribution is -0.146. The van der Waals surface area contributed by atoms with E-state index in [9.17, 15) is 9.59 Å². The molecule has 0 aliphatic carbocycles. The van der Waals surface area contributed by atoms with E-state index < -0.39 is 17.4 Å². The van der Waals surface area contributed by atoms with Crippen molar-refractivity contribution in [3.8, 4) is 5.75 Å². The van der Waals surface area contributed by atoms with Gasteiger partial charge in [-0.25, -0.2) is 4.79 Å². The number of methoxy groups -OCH3 is 2. The Morgan fingerprint density at radius 3 is 2.42 bits per heavy atom. The maximum Gasteiger partial charge on any atom is 0.330 e. The lowest BCUT2D eigenvalue weighted by Gasteiger charge is -2.23. The van der Waals surface area contributed by atoms with Crippen molar-refractivity contribution in [2.45, 2.75) is 19.4 Å². The van der Waals surface area contributed by atoms with Gasteiger partial charge in [-0.05, 0) is 32.0 Å². The Morgan fingerprint density at radius 1 is 1.26 bits per heavy atom. The van der Waals surface area contributed by atoms with Gasteiger partial charge in [-0.2, -0.15) is 0 Å². The van der Waals surface area contributed by atoms with E-state index in [-0.39, 0.29) is 5.56 Å². The summed E-state index contributed by atoms with van der Waals surface area (Å²) in [5.41, 5.74) is 5.15. The Kier molecular flexibility index (Phi) is 4.37. The number of hydrogen-bond donors (Lipinski definition) is 2. The summed E-state index contributed by atoms with van der Waals surface area (Å²) in [6.45, 7) is 3.10. The van der Waals surface area contributed by atoms with Crippen molar-refractivity contribution < 1.29 is 19.1 Å². The van der Waals surface area contributed by atoms with Gasteiger partial charge in [-0.15, -0.1) is 0 Å². The number of anilines is 1. The lowest BCUT2D eigenvalue weighted by atomic mass is 10.0. The van der Waals surface area contributed by atoms with Crippen LogP contribution in [0.1, 0.15) is 24.2 Å². The van der Waals surface area contributed by atoms with Gasteiger partial charge in [0.1, 0.15) is 11.3 Å². The van der Waals surface area contributed by atoms with Crippen molar-refractivity contribution >= 4 is 17.6 Å². The van der Waals surface area contributed by atoms with Crippen molar-refractivity contribution in [2.75, 3.05) is 20.0 Å². The quantitative estimate of drug-likeness (QED) is 0.625. The van der Waals surface area contributed by atoms with Gasteiger partial charge in [0.05, 0.1) is 19.8 Å². The second-order valence-electron chi connectivity index (χ2n) is 4.52. The third-order valence-electron chi connectivity index (χ3n) is 2.63. The smallest absolute Gasteiger partial charge is 0.330 e. The molecule has 3 N–H and O–H groups in total.